The highest BCUT2D eigenvalue weighted by Crippen LogP contribution is 2.14. The summed E-state index contributed by atoms with van der Waals surface area (Å²) in [6, 6.07) is 15.8. The van der Waals surface area contributed by atoms with Crippen LogP contribution in [-0.2, 0) is 11.2 Å². The van der Waals surface area contributed by atoms with Gasteiger partial charge in [-0.05, 0) is 61.7 Å². The van der Waals surface area contributed by atoms with Crippen LogP contribution in [0.25, 0.3) is 0 Å². The first-order valence-corrected chi connectivity index (χ1v) is 11.2. The number of nitrogens with one attached hydrogen (secondary N) is 1. The van der Waals surface area contributed by atoms with E-state index in [1.165, 1.54) is 5.56 Å². The zero-order valence-electron chi connectivity index (χ0n) is 17.8. The average Bonchev–Trinajstić information content (AvgIpc) is 2.79. The highest BCUT2D eigenvalue weighted by Gasteiger charge is 2.21. The molecule has 0 aliphatic carbocycles. The van der Waals surface area contributed by atoms with Gasteiger partial charge in [-0.15, -0.1) is 0 Å². The van der Waals surface area contributed by atoms with Gasteiger partial charge in [-0.1, -0.05) is 23.7 Å². The normalized spacial score (nSPS) is 14.7. The summed E-state index contributed by atoms with van der Waals surface area (Å²) in [5.74, 6) is 0.121. The number of carbonyl (C=O) groups excluding carboxylic acids is 1. The number of rotatable bonds is 10. The van der Waals surface area contributed by atoms with E-state index in [1.807, 2.05) is 48.2 Å². The van der Waals surface area contributed by atoms with E-state index in [2.05, 4.69) is 22.3 Å². The summed E-state index contributed by atoms with van der Waals surface area (Å²) in [5.41, 5.74) is 3.09. The van der Waals surface area contributed by atoms with Crippen molar-refractivity contribution < 1.29 is 9.53 Å². The molecule has 6 heteroatoms. The van der Waals surface area contributed by atoms with Crippen molar-refractivity contribution in [1.29, 1.82) is 0 Å². The van der Waals surface area contributed by atoms with E-state index in [0.717, 1.165) is 81.6 Å². The molecule has 1 amide bonds. The van der Waals surface area contributed by atoms with E-state index in [0.29, 0.717) is 0 Å². The number of benzene rings is 2. The molecule has 5 nitrogen and oxygen atoms in total. The molecule has 0 saturated carbocycles. The lowest BCUT2D eigenvalue weighted by Crippen LogP contribution is -2.49. The first-order valence-electron chi connectivity index (χ1n) is 10.8. The number of halogens is 1. The SMILES string of the molecule is CCOCCCNc1ccc(C(=O)N2CCN(CCc3ccc(Cl)cc3)CC2)cc1. The number of hydrogen-bond donors (Lipinski definition) is 1. The molecule has 3 rings (SSSR count). The van der Waals surface area contributed by atoms with Gasteiger partial charge in [0.05, 0.1) is 0 Å². The van der Waals surface area contributed by atoms with Crippen molar-refractivity contribution >= 4 is 23.2 Å². The molecule has 0 bridgehead atoms. The lowest BCUT2D eigenvalue weighted by molar-refractivity contribution is 0.0638. The second-order valence-corrected chi connectivity index (χ2v) is 8.00. The molecule has 0 radical (unpaired) electrons. The molecule has 1 aliphatic rings. The van der Waals surface area contributed by atoms with Gasteiger partial charge in [0.1, 0.15) is 0 Å². The lowest BCUT2D eigenvalue weighted by Gasteiger charge is -2.34. The van der Waals surface area contributed by atoms with Crippen molar-refractivity contribution in [2.45, 2.75) is 19.8 Å². The van der Waals surface area contributed by atoms with Gasteiger partial charge in [0.2, 0.25) is 0 Å². The van der Waals surface area contributed by atoms with Crippen molar-refractivity contribution in [3.63, 3.8) is 0 Å². The number of hydrogen-bond acceptors (Lipinski definition) is 4. The Balaban J connectivity index is 1.39. The minimum atomic E-state index is 0.121. The number of ether oxygens (including phenoxy) is 1. The minimum Gasteiger partial charge on any atom is -0.385 e. The molecule has 30 heavy (non-hydrogen) atoms. The topological polar surface area (TPSA) is 44.8 Å². The van der Waals surface area contributed by atoms with Gasteiger partial charge in [-0.2, -0.15) is 0 Å². The number of piperazine rings is 1. The second kappa shape index (κ2) is 11.9. The van der Waals surface area contributed by atoms with Crippen LogP contribution >= 0.6 is 11.6 Å². The van der Waals surface area contributed by atoms with Crippen LogP contribution in [0.3, 0.4) is 0 Å². The van der Waals surface area contributed by atoms with Crippen molar-refractivity contribution in [2.24, 2.45) is 0 Å². The van der Waals surface area contributed by atoms with E-state index in [-0.39, 0.29) is 5.91 Å². The molecule has 2 aromatic rings. The first-order chi connectivity index (χ1) is 14.7. The molecule has 1 saturated heterocycles. The fraction of sp³-hybridized carbons (Fsp3) is 0.458. The Labute approximate surface area is 185 Å². The molecule has 0 aromatic heterocycles. The highest BCUT2D eigenvalue weighted by molar-refractivity contribution is 6.30. The third-order valence-corrected chi connectivity index (χ3v) is 5.67. The van der Waals surface area contributed by atoms with Gasteiger partial charge in [-0.25, -0.2) is 0 Å². The quantitative estimate of drug-likeness (QED) is 0.575. The fourth-order valence-corrected chi connectivity index (χ4v) is 3.70. The first kappa shape index (κ1) is 22.6. The largest absolute Gasteiger partial charge is 0.385 e. The van der Waals surface area contributed by atoms with E-state index in [4.69, 9.17) is 16.3 Å². The monoisotopic (exact) mass is 429 g/mol. The summed E-state index contributed by atoms with van der Waals surface area (Å²) in [5, 5.41) is 4.14. The van der Waals surface area contributed by atoms with Crippen LogP contribution in [0.5, 0.6) is 0 Å². The van der Waals surface area contributed by atoms with Crippen LogP contribution in [0.15, 0.2) is 48.5 Å². The zero-order chi connectivity index (χ0) is 21.2. The van der Waals surface area contributed by atoms with E-state index in [1.54, 1.807) is 0 Å². The zero-order valence-corrected chi connectivity index (χ0v) is 18.5. The Bertz CT molecular complexity index is 772. The molecule has 0 atom stereocenters. The van der Waals surface area contributed by atoms with Crippen LogP contribution < -0.4 is 5.32 Å². The molecule has 0 unspecified atom stereocenters. The van der Waals surface area contributed by atoms with Crippen LogP contribution in [-0.4, -0.2) is 68.2 Å². The number of amides is 1. The predicted octanol–water partition coefficient (Wildman–Crippen LogP) is 4.18. The summed E-state index contributed by atoms with van der Waals surface area (Å²) in [6.45, 7) is 8.79. The highest BCUT2D eigenvalue weighted by atomic mass is 35.5. The van der Waals surface area contributed by atoms with Crippen molar-refractivity contribution in [3.05, 3.63) is 64.7 Å². The molecular formula is C24H32ClN3O2. The Morgan fingerprint density at radius 2 is 1.73 bits per heavy atom. The van der Waals surface area contributed by atoms with Gasteiger partial charge in [-0.3, -0.25) is 9.69 Å². The average molecular weight is 430 g/mol. The molecule has 1 heterocycles. The summed E-state index contributed by atoms with van der Waals surface area (Å²) < 4.78 is 5.34. The summed E-state index contributed by atoms with van der Waals surface area (Å²) in [4.78, 5) is 17.2. The fourth-order valence-electron chi connectivity index (χ4n) is 3.58. The molecule has 2 aromatic carbocycles. The maximum Gasteiger partial charge on any atom is 0.253 e. The van der Waals surface area contributed by atoms with Gasteiger partial charge in [0, 0.05) is 68.8 Å². The maximum absolute atomic E-state index is 12.8. The summed E-state index contributed by atoms with van der Waals surface area (Å²) in [7, 11) is 0. The van der Waals surface area contributed by atoms with Crippen LogP contribution in [0, 0.1) is 0 Å². The summed E-state index contributed by atoms with van der Waals surface area (Å²) in [6.07, 6.45) is 1.97. The Kier molecular flexibility index (Phi) is 9.00. The molecule has 1 N–H and O–H groups in total. The van der Waals surface area contributed by atoms with E-state index < -0.39 is 0 Å². The Morgan fingerprint density at radius 3 is 2.40 bits per heavy atom. The number of nitrogens with zero attached hydrogens (tertiary/aromatic N) is 2. The third-order valence-electron chi connectivity index (χ3n) is 5.42. The van der Waals surface area contributed by atoms with Crippen molar-refractivity contribution in [2.75, 3.05) is 57.8 Å². The number of anilines is 1. The standard InChI is InChI=1S/C24H32ClN3O2/c1-2-30-19-3-13-26-23-10-6-21(7-11-23)24(29)28-17-15-27(16-18-28)14-12-20-4-8-22(25)9-5-20/h4-11,26H,2-3,12-19H2,1H3. The van der Waals surface area contributed by atoms with E-state index >= 15 is 0 Å². The van der Waals surface area contributed by atoms with E-state index in [9.17, 15) is 4.79 Å². The van der Waals surface area contributed by atoms with Crippen LogP contribution in [0.2, 0.25) is 5.02 Å². The molecule has 162 valence electrons. The second-order valence-electron chi connectivity index (χ2n) is 7.56. The molecule has 0 spiro atoms. The minimum absolute atomic E-state index is 0.121. The molecule has 1 fully saturated rings. The predicted molar refractivity (Wildman–Crippen MR) is 124 cm³/mol. The van der Waals surface area contributed by atoms with Crippen molar-refractivity contribution in [1.82, 2.24) is 9.80 Å². The van der Waals surface area contributed by atoms with Gasteiger partial charge in [0.15, 0.2) is 0 Å². The molecule has 1 aliphatic heterocycles. The van der Waals surface area contributed by atoms with Crippen LogP contribution in [0.1, 0.15) is 29.3 Å². The lowest BCUT2D eigenvalue weighted by atomic mass is 10.1. The van der Waals surface area contributed by atoms with Crippen molar-refractivity contribution in [3.8, 4) is 0 Å². The molecular weight excluding hydrogens is 398 g/mol. The third kappa shape index (κ3) is 7.01. The van der Waals surface area contributed by atoms with Gasteiger partial charge < -0.3 is 15.0 Å². The Morgan fingerprint density at radius 1 is 1.03 bits per heavy atom. The smallest absolute Gasteiger partial charge is 0.253 e. The Hall–Kier alpha value is -2.08. The summed E-state index contributed by atoms with van der Waals surface area (Å²) >= 11 is 5.95. The van der Waals surface area contributed by atoms with Gasteiger partial charge >= 0.3 is 0 Å². The maximum atomic E-state index is 12.8. The number of carbonyl (C=O) groups is 1. The van der Waals surface area contributed by atoms with Crippen LogP contribution in [0.4, 0.5) is 5.69 Å². The van der Waals surface area contributed by atoms with Gasteiger partial charge in [0.25, 0.3) is 5.91 Å².